The zero-order valence-electron chi connectivity index (χ0n) is 13.1. The standard InChI is InChI=1S/C19H19BrClNO/c1-19-12-22(9-13-5-3-2-4-6-13)10-16(19)14-7-8-17(20)18(21)15(14)11-23-19/h2-8,16H,9-12H2,1H3/t16-,19-/m1/s1. The molecule has 4 rings (SSSR count). The smallest absolute Gasteiger partial charge is 0.0866 e. The molecule has 0 bridgehead atoms. The molecule has 0 aromatic heterocycles. The van der Waals surface area contributed by atoms with Crippen molar-refractivity contribution in [2.45, 2.75) is 31.6 Å². The van der Waals surface area contributed by atoms with Crippen LogP contribution in [0.5, 0.6) is 0 Å². The summed E-state index contributed by atoms with van der Waals surface area (Å²) in [5.41, 5.74) is 3.72. The van der Waals surface area contributed by atoms with Crippen molar-refractivity contribution in [1.29, 1.82) is 0 Å². The van der Waals surface area contributed by atoms with Crippen molar-refractivity contribution in [1.82, 2.24) is 4.90 Å². The van der Waals surface area contributed by atoms with E-state index in [9.17, 15) is 0 Å². The Kier molecular flexibility index (Phi) is 4.01. The molecule has 0 aliphatic carbocycles. The molecule has 1 saturated heterocycles. The van der Waals surface area contributed by atoms with Crippen molar-refractivity contribution in [2.24, 2.45) is 0 Å². The van der Waals surface area contributed by atoms with Gasteiger partial charge in [-0.25, -0.2) is 0 Å². The first kappa shape index (κ1) is 15.6. The number of likely N-dealkylation sites (tertiary alicyclic amines) is 1. The molecule has 0 amide bonds. The Morgan fingerprint density at radius 3 is 2.83 bits per heavy atom. The predicted molar refractivity (Wildman–Crippen MR) is 96.8 cm³/mol. The second-order valence-corrected chi connectivity index (χ2v) is 7.97. The van der Waals surface area contributed by atoms with Crippen molar-refractivity contribution in [3.63, 3.8) is 0 Å². The second kappa shape index (κ2) is 5.89. The number of rotatable bonds is 2. The lowest BCUT2D eigenvalue weighted by Crippen LogP contribution is -2.40. The van der Waals surface area contributed by atoms with Crippen molar-refractivity contribution >= 4 is 27.5 Å². The monoisotopic (exact) mass is 391 g/mol. The summed E-state index contributed by atoms with van der Waals surface area (Å²) in [5.74, 6) is 0.376. The first-order chi connectivity index (χ1) is 11.1. The molecule has 0 unspecified atom stereocenters. The molecule has 4 heteroatoms. The van der Waals surface area contributed by atoms with E-state index in [-0.39, 0.29) is 5.60 Å². The number of hydrogen-bond acceptors (Lipinski definition) is 2. The summed E-state index contributed by atoms with van der Waals surface area (Å²) < 4.78 is 7.22. The Morgan fingerprint density at radius 2 is 2.04 bits per heavy atom. The Hall–Kier alpha value is -0.870. The van der Waals surface area contributed by atoms with Crippen LogP contribution in [-0.2, 0) is 17.9 Å². The number of benzene rings is 2. The second-order valence-electron chi connectivity index (χ2n) is 6.74. The van der Waals surface area contributed by atoms with Gasteiger partial charge in [0.05, 0.1) is 17.2 Å². The Labute approximate surface area is 150 Å². The fraction of sp³-hybridized carbons (Fsp3) is 0.368. The predicted octanol–water partition coefficient (Wildman–Crippen LogP) is 4.99. The number of nitrogens with zero attached hydrogens (tertiary/aromatic N) is 1. The summed E-state index contributed by atoms with van der Waals surface area (Å²) in [6, 6.07) is 14.9. The van der Waals surface area contributed by atoms with Crippen LogP contribution in [0.3, 0.4) is 0 Å². The van der Waals surface area contributed by atoms with Crippen molar-refractivity contribution in [3.8, 4) is 0 Å². The van der Waals surface area contributed by atoms with E-state index in [4.69, 9.17) is 16.3 Å². The molecule has 0 saturated carbocycles. The molecule has 2 nitrogen and oxygen atoms in total. The molecule has 120 valence electrons. The minimum absolute atomic E-state index is 0.126. The summed E-state index contributed by atoms with van der Waals surface area (Å²) in [5, 5.41) is 0.797. The SMILES string of the molecule is C[C@@]12CN(Cc3ccccc3)C[C@@H]1c1ccc(Br)c(Cl)c1CO2. The largest absolute Gasteiger partial charge is 0.369 e. The van der Waals surface area contributed by atoms with Crippen LogP contribution in [0.1, 0.15) is 29.5 Å². The fourth-order valence-electron chi connectivity index (χ4n) is 3.92. The van der Waals surface area contributed by atoms with E-state index in [0.29, 0.717) is 12.5 Å². The lowest BCUT2D eigenvalue weighted by molar-refractivity contribution is -0.0567. The van der Waals surface area contributed by atoms with Gasteiger partial charge in [-0.15, -0.1) is 0 Å². The van der Waals surface area contributed by atoms with E-state index in [0.717, 1.165) is 34.7 Å². The summed E-state index contributed by atoms with van der Waals surface area (Å²) >= 11 is 9.99. The van der Waals surface area contributed by atoms with Gasteiger partial charge in [0.1, 0.15) is 0 Å². The van der Waals surface area contributed by atoms with Crippen LogP contribution in [0.25, 0.3) is 0 Å². The Morgan fingerprint density at radius 1 is 1.26 bits per heavy atom. The van der Waals surface area contributed by atoms with Crippen molar-refractivity contribution < 1.29 is 4.74 Å². The third kappa shape index (κ3) is 2.74. The van der Waals surface area contributed by atoms with Gasteiger partial charge >= 0.3 is 0 Å². The molecule has 0 N–H and O–H groups in total. The molecule has 2 aromatic carbocycles. The quantitative estimate of drug-likeness (QED) is 0.714. The van der Waals surface area contributed by atoms with Crippen molar-refractivity contribution in [2.75, 3.05) is 13.1 Å². The molecule has 1 fully saturated rings. The molecule has 0 spiro atoms. The number of ether oxygens (including phenoxy) is 1. The molecular formula is C19H19BrClNO. The van der Waals surface area contributed by atoms with Crippen LogP contribution in [0, 0.1) is 0 Å². The molecule has 2 aromatic rings. The highest BCUT2D eigenvalue weighted by atomic mass is 79.9. The fourth-order valence-corrected chi connectivity index (χ4v) is 4.52. The maximum absolute atomic E-state index is 6.47. The van der Waals surface area contributed by atoms with E-state index in [1.54, 1.807) is 0 Å². The highest BCUT2D eigenvalue weighted by Crippen LogP contribution is 2.47. The zero-order valence-corrected chi connectivity index (χ0v) is 15.4. The summed E-state index contributed by atoms with van der Waals surface area (Å²) in [4.78, 5) is 2.49. The van der Waals surface area contributed by atoms with Crippen LogP contribution in [0.2, 0.25) is 5.02 Å². The van der Waals surface area contributed by atoms with Gasteiger partial charge in [0.2, 0.25) is 0 Å². The van der Waals surface area contributed by atoms with Gasteiger partial charge in [-0.2, -0.15) is 0 Å². The third-order valence-electron chi connectivity index (χ3n) is 5.12. The van der Waals surface area contributed by atoms with Gasteiger partial charge < -0.3 is 4.74 Å². The van der Waals surface area contributed by atoms with E-state index >= 15 is 0 Å². The molecule has 23 heavy (non-hydrogen) atoms. The summed E-state index contributed by atoms with van der Waals surface area (Å²) in [6.07, 6.45) is 0. The van der Waals surface area contributed by atoms with Crippen LogP contribution in [-0.4, -0.2) is 23.6 Å². The van der Waals surface area contributed by atoms with Gasteiger partial charge in [0.15, 0.2) is 0 Å². The van der Waals surface area contributed by atoms with E-state index < -0.39 is 0 Å². The molecule has 2 atom stereocenters. The molecule has 2 aliphatic rings. The van der Waals surface area contributed by atoms with Gasteiger partial charge in [-0.3, -0.25) is 4.90 Å². The average Bonchev–Trinajstić information content (AvgIpc) is 2.88. The topological polar surface area (TPSA) is 12.5 Å². The van der Waals surface area contributed by atoms with Crippen molar-refractivity contribution in [3.05, 3.63) is 68.7 Å². The highest BCUT2D eigenvalue weighted by molar-refractivity contribution is 9.10. The van der Waals surface area contributed by atoms with Crippen LogP contribution in [0.4, 0.5) is 0 Å². The van der Waals surface area contributed by atoms with Crippen LogP contribution >= 0.6 is 27.5 Å². The molecule has 0 radical (unpaired) electrons. The minimum atomic E-state index is -0.126. The van der Waals surface area contributed by atoms with Gasteiger partial charge in [-0.05, 0) is 40.0 Å². The maximum Gasteiger partial charge on any atom is 0.0866 e. The first-order valence-corrected chi connectivity index (χ1v) is 9.11. The first-order valence-electron chi connectivity index (χ1n) is 7.94. The van der Waals surface area contributed by atoms with E-state index in [1.165, 1.54) is 11.1 Å². The summed E-state index contributed by atoms with van der Waals surface area (Å²) in [7, 11) is 0. The number of hydrogen-bond donors (Lipinski definition) is 0. The maximum atomic E-state index is 6.47. The molecule has 2 aliphatic heterocycles. The van der Waals surface area contributed by atoms with Gasteiger partial charge in [0.25, 0.3) is 0 Å². The lowest BCUT2D eigenvalue weighted by Gasteiger charge is -2.37. The number of halogens is 2. The van der Waals surface area contributed by atoms with Crippen LogP contribution in [0.15, 0.2) is 46.9 Å². The van der Waals surface area contributed by atoms with Gasteiger partial charge in [-0.1, -0.05) is 48.0 Å². The zero-order chi connectivity index (χ0) is 16.0. The summed E-state index contributed by atoms with van der Waals surface area (Å²) in [6.45, 7) is 5.77. The van der Waals surface area contributed by atoms with Crippen LogP contribution < -0.4 is 0 Å². The van der Waals surface area contributed by atoms with E-state index in [1.807, 2.05) is 0 Å². The highest BCUT2D eigenvalue weighted by Gasteiger charge is 2.48. The van der Waals surface area contributed by atoms with E-state index in [2.05, 4.69) is 70.2 Å². The lowest BCUT2D eigenvalue weighted by atomic mass is 9.81. The Balaban J connectivity index is 1.63. The average molecular weight is 393 g/mol. The third-order valence-corrected chi connectivity index (χ3v) is 6.44. The minimum Gasteiger partial charge on any atom is -0.369 e. The van der Waals surface area contributed by atoms with Gasteiger partial charge in [0, 0.05) is 35.6 Å². The molecular weight excluding hydrogens is 374 g/mol. The number of fused-ring (bicyclic) bond motifs is 3. The normalized spacial score (nSPS) is 26.8. The molecule has 2 heterocycles. The Bertz CT molecular complexity index is 736.